The monoisotopic (exact) mass is 257 g/mol. The maximum absolute atomic E-state index is 6.53. The number of nitrogens with two attached hydrogens (primary N) is 1. The molecule has 0 aliphatic carbocycles. The van der Waals surface area contributed by atoms with Gasteiger partial charge in [0.05, 0.1) is 0 Å². The molecule has 1 saturated heterocycles. The highest BCUT2D eigenvalue weighted by Gasteiger charge is 2.39. The average molecular weight is 257 g/mol. The van der Waals surface area contributed by atoms with Crippen molar-refractivity contribution in [2.24, 2.45) is 5.73 Å². The minimum absolute atomic E-state index is 0.0644. The zero-order chi connectivity index (χ0) is 13.6. The maximum Gasteiger partial charge on any atom is 0.0475 e. The Hall–Kier alpha value is -1.30. The van der Waals surface area contributed by atoms with Gasteiger partial charge >= 0.3 is 0 Å². The number of rotatable bonds is 4. The van der Waals surface area contributed by atoms with E-state index in [1.54, 1.807) is 0 Å². The Morgan fingerprint density at radius 3 is 2.58 bits per heavy atom. The summed E-state index contributed by atoms with van der Waals surface area (Å²) in [6.45, 7) is 3.50. The Labute approximate surface area is 116 Å². The van der Waals surface area contributed by atoms with E-state index in [0.717, 1.165) is 38.9 Å². The fourth-order valence-electron chi connectivity index (χ4n) is 3.01. The van der Waals surface area contributed by atoms with Gasteiger partial charge in [0, 0.05) is 31.1 Å². The van der Waals surface area contributed by atoms with Gasteiger partial charge in [0.2, 0.25) is 0 Å². The van der Waals surface area contributed by atoms with Crippen LogP contribution in [0.3, 0.4) is 0 Å². The summed E-state index contributed by atoms with van der Waals surface area (Å²) in [6.07, 6.45) is 3.86. The molecule has 1 aliphatic rings. The molecular formula is C17H23NO. The van der Waals surface area contributed by atoms with Crippen molar-refractivity contribution in [1.29, 1.82) is 0 Å². The van der Waals surface area contributed by atoms with Gasteiger partial charge in [-0.3, -0.25) is 0 Å². The number of benzene rings is 1. The van der Waals surface area contributed by atoms with Crippen molar-refractivity contribution in [3.8, 4) is 11.8 Å². The van der Waals surface area contributed by atoms with E-state index in [-0.39, 0.29) is 11.5 Å². The molecule has 1 atom stereocenters. The molecule has 1 aliphatic heterocycles. The number of hydrogen-bond acceptors (Lipinski definition) is 2. The molecule has 0 aromatic heterocycles. The highest BCUT2D eigenvalue weighted by molar-refractivity contribution is 5.28. The van der Waals surface area contributed by atoms with Crippen LogP contribution >= 0.6 is 0 Å². The van der Waals surface area contributed by atoms with Crippen molar-refractivity contribution in [1.82, 2.24) is 0 Å². The molecule has 2 nitrogen and oxygen atoms in total. The van der Waals surface area contributed by atoms with Gasteiger partial charge in [-0.25, -0.2) is 0 Å². The minimum Gasteiger partial charge on any atom is -0.381 e. The lowest BCUT2D eigenvalue weighted by atomic mass is 9.68. The van der Waals surface area contributed by atoms with Crippen LogP contribution in [-0.2, 0) is 10.2 Å². The van der Waals surface area contributed by atoms with Crippen molar-refractivity contribution in [3.05, 3.63) is 35.9 Å². The van der Waals surface area contributed by atoms with Gasteiger partial charge in [0.25, 0.3) is 0 Å². The van der Waals surface area contributed by atoms with Crippen LogP contribution in [0, 0.1) is 11.8 Å². The fourth-order valence-corrected chi connectivity index (χ4v) is 3.01. The van der Waals surface area contributed by atoms with Gasteiger partial charge in [0.15, 0.2) is 0 Å². The average Bonchev–Trinajstić information content (AvgIpc) is 2.49. The SMILES string of the molecule is CC#CCCC(N)C1(c2ccccc2)CCOCC1. The van der Waals surface area contributed by atoms with Crippen molar-refractivity contribution in [3.63, 3.8) is 0 Å². The molecule has 19 heavy (non-hydrogen) atoms. The van der Waals surface area contributed by atoms with E-state index < -0.39 is 0 Å². The Balaban J connectivity index is 2.21. The van der Waals surface area contributed by atoms with Crippen molar-refractivity contribution >= 4 is 0 Å². The van der Waals surface area contributed by atoms with Crippen LogP contribution in [0.25, 0.3) is 0 Å². The smallest absolute Gasteiger partial charge is 0.0475 e. The van der Waals surface area contributed by atoms with Crippen LogP contribution in [0.15, 0.2) is 30.3 Å². The third-order valence-corrected chi connectivity index (χ3v) is 4.20. The number of ether oxygens (including phenoxy) is 1. The summed E-state index contributed by atoms with van der Waals surface area (Å²) in [5.74, 6) is 6.07. The van der Waals surface area contributed by atoms with E-state index >= 15 is 0 Å². The van der Waals surface area contributed by atoms with Crippen LogP contribution in [0.5, 0.6) is 0 Å². The van der Waals surface area contributed by atoms with Gasteiger partial charge < -0.3 is 10.5 Å². The lowest BCUT2D eigenvalue weighted by Crippen LogP contribution is -2.49. The van der Waals surface area contributed by atoms with E-state index in [2.05, 4.69) is 42.2 Å². The fraction of sp³-hybridized carbons (Fsp3) is 0.529. The second-order valence-electron chi connectivity index (χ2n) is 5.21. The zero-order valence-electron chi connectivity index (χ0n) is 11.7. The first-order valence-corrected chi connectivity index (χ1v) is 7.08. The van der Waals surface area contributed by atoms with Gasteiger partial charge in [0.1, 0.15) is 0 Å². The summed E-state index contributed by atoms with van der Waals surface area (Å²) in [5.41, 5.74) is 7.95. The summed E-state index contributed by atoms with van der Waals surface area (Å²) in [7, 11) is 0. The zero-order valence-corrected chi connectivity index (χ0v) is 11.7. The second-order valence-corrected chi connectivity index (χ2v) is 5.21. The molecule has 2 heteroatoms. The molecule has 2 N–H and O–H groups in total. The summed E-state index contributed by atoms with van der Waals surface area (Å²) < 4.78 is 5.54. The highest BCUT2D eigenvalue weighted by Crippen LogP contribution is 2.38. The molecule has 1 aromatic rings. The molecule has 1 fully saturated rings. The van der Waals surface area contributed by atoms with E-state index in [9.17, 15) is 0 Å². The molecule has 0 bridgehead atoms. The van der Waals surface area contributed by atoms with Gasteiger partial charge in [-0.15, -0.1) is 11.8 Å². The molecule has 0 radical (unpaired) electrons. The molecule has 0 spiro atoms. The first-order chi connectivity index (χ1) is 9.29. The van der Waals surface area contributed by atoms with Crippen LogP contribution in [0.1, 0.15) is 38.2 Å². The van der Waals surface area contributed by atoms with Crippen LogP contribution in [0.4, 0.5) is 0 Å². The molecule has 1 heterocycles. The first kappa shape index (κ1) is 14.1. The Morgan fingerprint density at radius 2 is 1.95 bits per heavy atom. The first-order valence-electron chi connectivity index (χ1n) is 7.08. The number of hydrogen-bond donors (Lipinski definition) is 1. The lowest BCUT2D eigenvalue weighted by molar-refractivity contribution is 0.0390. The van der Waals surface area contributed by atoms with E-state index in [1.807, 2.05) is 6.92 Å². The molecule has 2 rings (SSSR count). The van der Waals surface area contributed by atoms with E-state index in [0.29, 0.717) is 0 Å². The molecule has 1 aromatic carbocycles. The summed E-state index contributed by atoms with van der Waals surface area (Å²) >= 11 is 0. The standard InChI is InChI=1S/C17H23NO/c1-2-3-5-10-16(18)17(11-13-19-14-12-17)15-8-6-4-7-9-15/h4,6-9,16H,5,10-14,18H2,1H3. The van der Waals surface area contributed by atoms with Crippen molar-refractivity contribution < 1.29 is 4.74 Å². The van der Waals surface area contributed by atoms with Crippen LogP contribution < -0.4 is 5.73 Å². The van der Waals surface area contributed by atoms with Gasteiger partial charge in [-0.1, -0.05) is 30.3 Å². The van der Waals surface area contributed by atoms with Gasteiger partial charge in [-0.2, -0.15) is 0 Å². The summed E-state index contributed by atoms with van der Waals surface area (Å²) in [4.78, 5) is 0. The van der Waals surface area contributed by atoms with E-state index in [4.69, 9.17) is 10.5 Å². The Morgan fingerprint density at radius 1 is 1.26 bits per heavy atom. The van der Waals surface area contributed by atoms with Crippen LogP contribution in [0.2, 0.25) is 0 Å². The molecule has 0 amide bonds. The predicted molar refractivity (Wildman–Crippen MR) is 78.8 cm³/mol. The third-order valence-electron chi connectivity index (χ3n) is 4.20. The van der Waals surface area contributed by atoms with Crippen molar-refractivity contribution in [2.45, 2.75) is 44.1 Å². The molecule has 0 saturated carbocycles. The largest absolute Gasteiger partial charge is 0.381 e. The summed E-state index contributed by atoms with van der Waals surface area (Å²) in [5, 5.41) is 0. The maximum atomic E-state index is 6.53. The molecule has 102 valence electrons. The van der Waals surface area contributed by atoms with E-state index in [1.165, 1.54) is 5.56 Å². The second kappa shape index (κ2) is 6.75. The lowest BCUT2D eigenvalue weighted by Gasteiger charge is -2.42. The van der Waals surface area contributed by atoms with Gasteiger partial charge in [-0.05, 0) is 31.7 Å². The van der Waals surface area contributed by atoms with Crippen molar-refractivity contribution in [2.75, 3.05) is 13.2 Å². The molecular weight excluding hydrogens is 234 g/mol. The Kier molecular flexibility index (Phi) is 5.01. The quantitative estimate of drug-likeness (QED) is 0.842. The summed E-state index contributed by atoms with van der Waals surface area (Å²) in [6, 6.07) is 10.8. The molecule has 1 unspecified atom stereocenters. The normalized spacial score (nSPS) is 19.3. The topological polar surface area (TPSA) is 35.2 Å². The Bertz CT molecular complexity index is 437. The predicted octanol–water partition coefficient (Wildman–Crippen LogP) is 2.87. The highest BCUT2D eigenvalue weighted by atomic mass is 16.5. The third kappa shape index (κ3) is 3.18. The van der Waals surface area contributed by atoms with Crippen LogP contribution in [-0.4, -0.2) is 19.3 Å². The minimum atomic E-state index is 0.0644.